The van der Waals surface area contributed by atoms with E-state index in [2.05, 4.69) is 23.7 Å². The van der Waals surface area contributed by atoms with Gasteiger partial charge in [-0.3, -0.25) is 0 Å². The molecule has 0 radical (unpaired) electrons. The summed E-state index contributed by atoms with van der Waals surface area (Å²) in [6.45, 7) is 4.32. The molecule has 0 spiro atoms. The number of pyridine rings is 1. The molecule has 0 aliphatic rings. The van der Waals surface area contributed by atoms with Gasteiger partial charge in [0.2, 0.25) is 0 Å². The van der Waals surface area contributed by atoms with Crippen molar-refractivity contribution in [1.29, 1.82) is 0 Å². The van der Waals surface area contributed by atoms with Crippen LogP contribution in [0.15, 0.2) is 12.1 Å². The Labute approximate surface area is 101 Å². The highest BCUT2D eigenvalue weighted by molar-refractivity contribution is 6.32. The highest BCUT2D eigenvalue weighted by Gasteiger charge is 2.10. The fourth-order valence-electron chi connectivity index (χ4n) is 1.26. The van der Waals surface area contributed by atoms with E-state index in [1.165, 1.54) is 0 Å². The summed E-state index contributed by atoms with van der Waals surface area (Å²) < 4.78 is 0. The average Bonchev–Trinajstić information content (AvgIpc) is 2.27. The molecular formula is C11H16Cl2N2. The van der Waals surface area contributed by atoms with E-state index in [1.807, 2.05) is 19.2 Å². The van der Waals surface area contributed by atoms with Crippen LogP contribution in [0.4, 0.5) is 5.82 Å². The van der Waals surface area contributed by atoms with Gasteiger partial charge in [-0.25, -0.2) is 4.98 Å². The van der Waals surface area contributed by atoms with Crippen molar-refractivity contribution in [3.8, 4) is 0 Å². The van der Waals surface area contributed by atoms with Gasteiger partial charge in [0.1, 0.15) is 5.82 Å². The third-order valence-corrected chi connectivity index (χ3v) is 3.24. The first-order valence-electron chi connectivity index (χ1n) is 5.04. The lowest BCUT2D eigenvalue weighted by atomic mass is 10.2. The molecule has 2 nitrogen and oxygen atoms in total. The fraction of sp³-hybridized carbons (Fsp3) is 0.545. The van der Waals surface area contributed by atoms with Gasteiger partial charge >= 0.3 is 0 Å². The topological polar surface area (TPSA) is 16.1 Å². The Hall–Kier alpha value is -0.470. The van der Waals surface area contributed by atoms with Crippen LogP contribution in [0.25, 0.3) is 0 Å². The molecule has 1 aromatic rings. The lowest BCUT2D eigenvalue weighted by Crippen LogP contribution is -2.28. The van der Waals surface area contributed by atoms with Crippen LogP contribution in [0.3, 0.4) is 0 Å². The van der Waals surface area contributed by atoms with Crippen molar-refractivity contribution in [3.05, 3.63) is 22.8 Å². The molecule has 1 aromatic heterocycles. The first kappa shape index (κ1) is 12.6. The van der Waals surface area contributed by atoms with E-state index in [-0.39, 0.29) is 0 Å². The van der Waals surface area contributed by atoms with Gasteiger partial charge in [0.15, 0.2) is 0 Å². The normalized spacial score (nSPS) is 12.6. The number of hydrogen-bond donors (Lipinski definition) is 0. The number of aromatic nitrogens is 1. The van der Waals surface area contributed by atoms with Crippen molar-refractivity contribution in [3.63, 3.8) is 0 Å². The Bertz CT molecular complexity index is 328. The Kier molecular flexibility index (Phi) is 4.68. The molecule has 1 atom stereocenters. The highest BCUT2D eigenvalue weighted by Crippen LogP contribution is 2.21. The van der Waals surface area contributed by atoms with Gasteiger partial charge in [0.25, 0.3) is 0 Å². The zero-order valence-electron chi connectivity index (χ0n) is 9.30. The number of halogens is 2. The molecule has 1 heterocycles. The van der Waals surface area contributed by atoms with Crippen LogP contribution in [-0.2, 0) is 5.88 Å². The zero-order chi connectivity index (χ0) is 11.4. The Morgan fingerprint density at radius 3 is 2.67 bits per heavy atom. The molecule has 15 heavy (non-hydrogen) atoms. The van der Waals surface area contributed by atoms with Gasteiger partial charge < -0.3 is 4.90 Å². The van der Waals surface area contributed by atoms with Gasteiger partial charge in [-0.15, -0.1) is 11.6 Å². The van der Waals surface area contributed by atoms with Gasteiger partial charge in [0, 0.05) is 13.1 Å². The molecule has 1 unspecified atom stereocenters. The summed E-state index contributed by atoms with van der Waals surface area (Å²) in [4.78, 5) is 6.55. The molecule has 1 rings (SSSR count). The molecular weight excluding hydrogens is 231 g/mol. The van der Waals surface area contributed by atoms with Crippen molar-refractivity contribution in [2.75, 3.05) is 11.9 Å². The van der Waals surface area contributed by atoms with Gasteiger partial charge in [-0.05, 0) is 25.5 Å². The van der Waals surface area contributed by atoms with E-state index in [0.29, 0.717) is 16.9 Å². The summed E-state index contributed by atoms with van der Waals surface area (Å²) in [5.74, 6) is 1.27. The minimum Gasteiger partial charge on any atom is -0.357 e. The molecule has 0 amide bonds. The third-order valence-electron chi connectivity index (χ3n) is 2.64. The van der Waals surface area contributed by atoms with Crippen LogP contribution in [0, 0.1) is 0 Å². The van der Waals surface area contributed by atoms with E-state index in [9.17, 15) is 0 Å². The van der Waals surface area contributed by atoms with E-state index in [0.717, 1.165) is 17.9 Å². The SMILES string of the molecule is CCC(C)N(C)c1ccc(Cl)c(CCl)n1. The predicted octanol–water partition coefficient (Wildman–Crippen LogP) is 3.71. The van der Waals surface area contributed by atoms with Gasteiger partial charge in [-0.2, -0.15) is 0 Å². The first-order valence-corrected chi connectivity index (χ1v) is 5.95. The molecule has 0 aromatic carbocycles. The highest BCUT2D eigenvalue weighted by atomic mass is 35.5. The zero-order valence-corrected chi connectivity index (χ0v) is 10.8. The molecule has 84 valence electrons. The number of hydrogen-bond acceptors (Lipinski definition) is 2. The minimum absolute atomic E-state index is 0.348. The second kappa shape index (κ2) is 5.57. The molecule has 0 N–H and O–H groups in total. The maximum Gasteiger partial charge on any atom is 0.128 e. The van der Waals surface area contributed by atoms with Crippen LogP contribution in [0.2, 0.25) is 5.02 Å². The second-order valence-electron chi connectivity index (χ2n) is 3.60. The minimum atomic E-state index is 0.348. The molecule has 0 fully saturated rings. The van der Waals surface area contributed by atoms with E-state index < -0.39 is 0 Å². The summed E-state index contributed by atoms with van der Waals surface area (Å²) in [6, 6.07) is 4.23. The van der Waals surface area contributed by atoms with Gasteiger partial charge in [-0.1, -0.05) is 18.5 Å². The summed E-state index contributed by atoms with van der Waals surface area (Å²) in [5, 5.41) is 0.631. The largest absolute Gasteiger partial charge is 0.357 e. The van der Waals surface area contributed by atoms with E-state index in [4.69, 9.17) is 23.2 Å². The molecule has 0 aliphatic heterocycles. The number of rotatable bonds is 4. The number of anilines is 1. The maximum absolute atomic E-state index is 5.95. The number of nitrogens with zero attached hydrogens (tertiary/aromatic N) is 2. The van der Waals surface area contributed by atoms with Crippen LogP contribution in [0.1, 0.15) is 26.0 Å². The summed E-state index contributed by atoms with van der Waals surface area (Å²) in [6.07, 6.45) is 1.08. The van der Waals surface area contributed by atoms with Crippen molar-refractivity contribution in [1.82, 2.24) is 4.98 Å². The third kappa shape index (κ3) is 2.99. The van der Waals surface area contributed by atoms with Crippen LogP contribution >= 0.6 is 23.2 Å². The van der Waals surface area contributed by atoms with Crippen LogP contribution < -0.4 is 4.90 Å². The molecule has 0 saturated heterocycles. The fourth-order valence-corrected chi connectivity index (χ4v) is 1.71. The van der Waals surface area contributed by atoms with Crippen molar-refractivity contribution >= 4 is 29.0 Å². The van der Waals surface area contributed by atoms with Crippen molar-refractivity contribution < 1.29 is 0 Å². The monoisotopic (exact) mass is 246 g/mol. The first-order chi connectivity index (χ1) is 7.10. The maximum atomic E-state index is 5.95. The van der Waals surface area contributed by atoms with Gasteiger partial charge in [0.05, 0.1) is 16.6 Å². The second-order valence-corrected chi connectivity index (χ2v) is 4.27. The number of alkyl halides is 1. The molecule has 0 bridgehead atoms. The lowest BCUT2D eigenvalue weighted by Gasteiger charge is -2.25. The predicted molar refractivity (Wildman–Crippen MR) is 67.0 cm³/mol. The smallest absolute Gasteiger partial charge is 0.128 e. The standard InChI is InChI=1S/C11H16Cl2N2/c1-4-8(2)15(3)11-6-5-9(13)10(7-12)14-11/h5-6,8H,4,7H2,1-3H3. The quantitative estimate of drug-likeness (QED) is 0.754. The van der Waals surface area contributed by atoms with Crippen molar-refractivity contribution in [2.24, 2.45) is 0 Å². The Morgan fingerprint density at radius 1 is 1.47 bits per heavy atom. The van der Waals surface area contributed by atoms with Crippen molar-refractivity contribution in [2.45, 2.75) is 32.2 Å². The molecule has 0 aliphatic carbocycles. The molecule has 4 heteroatoms. The van der Waals surface area contributed by atoms with Crippen LogP contribution in [-0.4, -0.2) is 18.1 Å². The summed E-state index contributed by atoms with van der Waals surface area (Å²) in [5.41, 5.74) is 0.742. The average molecular weight is 247 g/mol. The summed E-state index contributed by atoms with van der Waals surface area (Å²) in [7, 11) is 2.03. The van der Waals surface area contributed by atoms with E-state index >= 15 is 0 Å². The summed E-state index contributed by atoms with van der Waals surface area (Å²) >= 11 is 11.7. The molecule has 0 saturated carbocycles. The Balaban J connectivity index is 2.95. The lowest BCUT2D eigenvalue weighted by molar-refractivity contribution is 0.656. The van der Waals surface area contributed by atoms with Crippen LogP contribution in [0.5, 0.6) is 0 Å². The van der Waals surface area contributed by atoms with E-state index in [1.54, 1.807) is 0 Å². The Morgan fingerprint density at radius 2 is 2.13 bits per heavy atom.